The number of nitrogens with zero attached hydrogens (tertiary/aromatic N) is 1. The minimum atomic E-state index is -4.34. The number of phosphoric acid groups is 1. The first-order valence-electron chi connectivity index (χ1n) is 27.6. The van der Waals surface area contributed by atoms with Gasteiger partial charge in [0.15, 0.2) is 0 Å². The van der Waals surface area contributed by atoms with Crippen LogP contribution in [0.15, 0.2) is 12.2 Å². The largest absolute Gasteiger partial charge is 0.472 e. The summed E-state index contributed by atoms with van der Waals surface area (Å²) in [6, 6.07) is -0.840. The van der Waals surface area contributed by atoms with Gasteiger partial charge in [-0.1, -0.05) is 264 Å². The number of likely N-dealkylation sites (N-methyl/N-ethyl adjacent to an activating group) is 1. The second-order valence-corrected chi connectivity index (χ2v) is 21.8. The van der Waals surface area contributed by atoms with Crippen LogP contribution in [0, 0.1) is 0 Å². The molecule has 0 aromatic heterocycles. The van der Waals surface area contributed by atoms with E-state index in [0.29, 0.717) is 17.4 Å². The Morgan fingerprint density at radius 2 is 0.841 bits per heavy atom. The van der Waals surface area contributed by atoms with E-state index in [1.807, 2.05) is 27.2 Å². The number of allylic oxidation sites excluding steroid dienone is 1. The molecule has 0 radical (unpaired) electrons. The molecule has 0 spiro atoms. The zero-order valence-electron chi connectivity index (χ0n) is 42.8. The molecule has 1 unspecified atom stereocenters. The number of quaternary nitrogens is 1. The van der Waals surface area contributed by atoms with Crippen LogP contribution < -0.4 is 5.32 Å². The number of hydrogen-bond donors (Lipinski definition) is 3. The Kier molecular flexibility index (Phi) is 45.8. The molecular formula is C54H110N2O6P+. The van der Waals surface area contributed by atoms with Gasteiger partial charge in [-0.3, -0.25) is 13.8 Å². The number of rotatable bonds is 51. The van der Waals surface area contributed by atoms with Gasteiger partial charge in [0, 0.05) is 6.42 Å². The van der Waals surface area contributed by atoms with Crippen LogP contribution in [0.2, 0.25) is 0 Å². The smallest absolute Gasteiger partial charge is 0.387 e. The highest BCUT2D eigenvalue weighted by Crippen LogP contribution is 2.43. The maximum Gasteiger partial charge on any atom is 0.472 e. The molecule has 0 aliphatic carbocycles. The van der Waals surface area contributed by atoms with Crippen molar-refractivity contribution in [3.8, 4) is 0 Å². The van der Waals surface area contributed by atoms with Crippen molar-refractivity contribution in [1.82, 2.24) is 5.32 Å². The first-order valence-corrected chi connectivity index (χ1v) is 29.1. The summed E-state index contributed by atoms with van der Waals surface area (Å²) < 4.78 is 23.6. The number of aliphatic hydroxyl groups excluding tert-OH is 1. The van der Waals surface area contributed by atoms with Crippen molar-refractivity contribution in [2.45, 2.75) is 289 Å². The van der Waals surface area contributed by atoms with E-state index in [4.69, 9.17) is 9.05 Å². The number of phosphoric ester groups is 1. The molecular weight excluding hydrogens is 804 g/mol. The predicted molar refractivity (Wildman–Crippen MR) is 272 cm³/mol. The Hall–Kier alpha value is -0.760. The summed E-state index contributed by atoms with van der Waals surface area (Å²) in [5.74, 6) is -0.171. The Morgan fingerprint density at radius 1 is 0.524 bits per heavy atom. The Morgan fingerprint density at radius 3 is 1.17 bits per heavy atom. The van der Waals surface area contributed by atoms with Crippen LogP contribution in [0.25, 0.3) is 0 Å². The van der Waals surface area contributed by atoms with E-state index in [0.717, 1.165) is 38.5 Å². The van der Waals surface area contributed by atoms with Gasteiger partial charge in [-0.15, -0.1) is 0 Å². The maximum atomic E-state index is 12.9. The molecule has 8 nitrogen and oxygen atoms in total. The van der Waals surface area contributed by atoms with Crippen LogP contribution in [-0.2, 0) is 18.4 Å². The molecule has 376 valence electrons. The number of carbonyl (C=O) groups is 1. The van der Waals surface area contributed by atoms with Gasteiger partial charge >= 0.3 is 7.82 Å². The first-order chi connectivity index (χ1) is 30.5. The van der Waals surface area contributed by atoms with Gasteiger partial charge in [0.25, 0.3) is 0 Å². The fourth-order valence-corrected chi connectivity index (χ4v) is 9.13. The van der Waals surface area contributed by atoms with Crippen LogP contribution in [0.3, 0.4) is 0 Å². The molecule has 3 atom stereocenters. The van der Waals surface area contributed by atoms with Gasteiger partial charge in [0.1, 0.15) is 13.2 Å². The summed E-state index contributed by atoms with van der Waals surface area (Å²) in [5.41, 5.74) is 0. The van der Waals surface area contributed by atoms with Crippen molar-refractivity contribution >= 4 is 13.7 Å². The van der Waals surface area contributed by atoms with E-state index >= 15 is 0 Å². The molecule has 0 heterocycles. The number of carbonyl (C=O) groups excluding carboxylic acids is 1. The highest BCUT2D eigenvalue weighted by Gasteiger charge is 2.27. The zero-order chi connectivity index (χ0) is 46.4. The lowest BCUT2D eigenvalue weighted by molar-refractivity contribution is -0.870. The average molecular weight is 914 g/mol. The minimum absolute atomic E-state index is 0.0649. The van der Waals surface area contributed by atoms with E-state index in [1.165, 1.54) is 218 Å². The lowest BCUT2D eigenvalue weighted by atomic mass is 10.0. The molecule has 0 bridgehead atoms. The van der Waals surface area contributed by atoms with Gasteiger partial charge < -0.3 is 19.8 Å². The van der Waals surface area contributed by atoms with E-state index < -0.39 is 20.0 Å². The lowest BCUT2D eigenvalue weighted by Gasteiger charge is -2.25. The standard InChI is InChI=1S/C54H109N2O6P/c1-6-8-10-12-14-16-18-20-21-22-23-24-25-26-27-28-29-30-31-32-33-34-36-38-40-42-44-46-48-54(58)55-52(51-62-63(59,60)61-50-49-56(3,4)5)53(57)47-45-43-41-39-37-35-19-17-15-13-11-9-7-2/h45,47,52-53,57H,6-44,46,48-51H2,1-5H3,(H-,55,58,59,60)/p+1/b47-45+/t52-,53+/m0/s1. The van der Waals surface area contributed by atoms with Crippen molar-refractivity contribution < 1.29 is 32.9 Å². The maximum absolute atomic E-state index is 12.9. The second-order valence-electron chi connectivity index (χ2n) is 20.3. The van der Waals surface area contributed by atoms with E-state index in [9.17, 15) is 19.4 Å². The third-order valence-corrected chi connectivity index (χ3v) is 13.7. The lowest BCUT2D eigenvalue weighted by Crippen LogP contribution is -2.45. The normalized spacial score (nSPS) is 14.1. The summed E-state index contributed by atoms with van der Waals surface area (Å²) in [6.07, 6.45) is 56.0. The van der Waals surface area contributed by atoms with E-state index in [2.05, 4.69) is 19.2 Å². The predicted octanol–water partition coefficient (Wildman–Crippen LogP) is 16.3. The molecule has 3 N–H and O–H groups in total. The SMILES string of the molecule is CCCCCCCCCCCCC/C=C/[C@@H](O)[C@H](COP(=O)(O)OCC[N+](C)(C)C)NC(=O)CCCCCCCCCCCCCCCCCCCCCCCCCCCCCC. The van der Waals surface area contributed by atoms with Crippen molar-refractivity contribution in [2.24, 2.45) is 0 Å². The molecule has 0 aliphatic heterocycles. The first kappa shape index (κ1) is 62.2. The van der Waals surface area contributed by atoms with E-state index in [1.54, 1.807) is 6.08 Å². The molecule has 1 amide bonds. The Bertz CT molecular complexity index is 1040. The van der Waals surface area contributed by atoms with Crippen LogP contribution in [0.1, 0.15) is 277 Å². The fraction of sp³-hybridized carbons (Fsp3) is 0.944. The summed E-state index contributed by atoms with van der Waals surface area (Å²) in [5, 5.41) is 13.9. The van der Waals surface area contributed by atoms with Crippen LogP contribution in [0.4, 0.5) is 0 Å². The number of amides is 1. The van der Waals surface area contributed by atoms with Crippen molar-refractivity contribution in [3.05, 3.63) is 12.2 Å². The van der Waals surface area contributed by atoms with Crippen molar-refractivity contribution in [3.63, 3.8) is 0 Å². The summed E-state index contributed by atoms with van der Waals surface area (Å²) in [4.78, 5) is 23.2. The van der Waals surface area contributed by atoms with Crippen LogP contribution in [0.5, 0.6) is 0 Å². The molecule has 0 aliphatic rings. The van der Waals surface area contributed by atoms with Gasteiger partial charge in [-0.2, -0.15) is 0 Å². The third kappa shape index (κ3) is 49.0. The molecule has 0 saturated heterocycles. The monoisotopic (exact) mass is 914 g/mol. The van der Waals surface area contributed by atoms with Crippen molar-refractivity contribution in [2.75, 3.05) is 40.9 Å². The third-order valence-electron chi connectivity index (χ3n) is 12.8. The van der Waals surface area contributed by atoms with Crippen LogP contribution in [-0.4, -0.2) is 73.4 Å². The zero-order valence-corrected chi connectivity index (χ0v) is 43.7. The Labute approximate surface area is 392 Å². The molecule has 0 fully saturated rings. The van der Waals surface area contributed by atoms with E-state index in [-0.39, 0.29) is 19.1 Å². The van der Waals surface area contributed by atoms with Crippen LogP contribution >= 0.6 is 7.82 Å². The summed E-state index contributed by atoms with van der Waals surface area (Å²) >= 11 is 0. The van der Waals surface area contributed by atoms with Gasteiger partial charge in [0.05, 0.1) is 39.9 Å². The summed E-state index contributed by atoms with van der Waals surface area (Å²) in [7, 11) is 1.59. The summed E-state index contributed by atoms with van der Waals surface area (Å²) in [6.45, 7) is 4.85. The number of hydrogen-bond acceptors (Lipinski definition) is 5. The topological polar surface area (TPSA) is 105 Å². The molecule has 9 heteroatoms. The molecule has 0 aromatic rings. The minimum Gasteiger partial charge on any atom is -0.387 e. The van der Waals surface area contributed by atoms with Gasteiger partial charge in [-0.25, -0.2) is 4.57 Å². The quantitative estimate of drug-likeness (QED) is 0.0243. The van der Waals surface area contributed by atoms with Crippen molar-refractivity contribution in [1.29, 1.82) is 0 Å². The molecule has 0 saturated carbocycles. The molecule has 0 rings (SSSR count). The number of aliphatic hydroxyl groups is 1. The Balaban J connectivity index is 4.06. The highest BCUT2D eigenvalue weighted by molar-refractivity contribution is 7.47. The highest BCUT2D eigenvalue weighted by atomic mass is 31.2. The van der Waals surface area contributed by atoms with Gasteiger partial charge in [-0.05, 0) is 19.3 Å². The number of unbranched alkanes of at least 4 members (excludes halogenated alkanes) is 38. The van der Waals surface area contributed by atoms with Gasteiger partial charge in [0.2, 0.25) is 5.91 Å². The molecule has 63 heavy (non-hydrogen) atoms. The average Bonchev–Trinajstić information content (AvgIpc) is 3.24. The fourth-order valence-electron chi connectivity index (χ4n) is 8.40. The second kappa shape index (κ2) is 46.4. The molecule has 0 aromatic carbocycles. The number of nitrogens with one attached hydrogen (secondary N) is 1.